The van der Waals surface area contributed by atoms with Crippen molar-refractivity contribution in [2.75, 3.05) is 11.4 Å². The van der Waals surface area contributed by atoms with E-state index in [0.29, 0.717) is 6.04 Å². The molecule has 2 nitrogen and oxygen atoms in total. The van der Waals surface area contributed by atoms with Gasteiger partial charge in [-0.15, -0.1) is 6.58 Å². The minimum Gasteiger partial charge on any atom is -0.364 e. The van der Waals surface area contributed by atoms with E-state index < -0.39 is 0 Å². The molecule has 1 fully saturated rings. The number of rotatable bonds is 4. The van der Waals surface area contributed by atoms with Gasteiger partial charge in [-0.2, -0.15) is 5.26 Å². The number of nitriles is 1. The third kappa shape index (κ3) is 2.12. The first-order valence-electron chi connectivity index (χ1n) is 5.34. The molecule has 0 radical (unpaired) electrons. The van der Waals surface area contributed by atoms with E-state index >= 15 is 0 Å². The summed E-state index contributed by atoms with van der Waals surface area (Å²) in [5.74, 6) is 0. The monoisotopic (exact) mass is 276 g/mol. The van der Waals surface area contributed by atoms with Crippen molar-refractivity contribution >= 4 is 21.6 Å². The van der Waals surface area contributed by atoms with Crippen LogP contribution in [0.5, 0.6) is 0 Å². The quantitative estimate of drug-likeness (QED) is 0.788. The molecule has 0 heterocycles. The van der Waals surface area contributed by atoms with E-state index in [4.69, 9.17) is 0 Å². The van der Waals surface area contributed by atoms with Crippen LogP contribution in [0, 0.1) is 11.3 Å². The minimum atomic E-state index is 0.583. The number of benzene rings is 1. The van der Waals surface area contributed by atoms with Crippen LogP contribution in [-0.2, 0) is 0 Å². The Balaban J connectivity index is 2.40. The maximum Gasteiger partial charge on any atom is 0.103 e. The van der Waals surface area contributed by atoms with Crippen molar-refractivity contribution in [1.82, 2.24) is 0 Å². The lowest BCUT2D eigenvalue weighted by Gasteiger charge is -2.24. The zero-order valence-electron chi connectivity index (χ0n) is 8.99. The fourth-order valence-electron chi connectivity index (χ4n) is 1.83. The van der Waals surface area contributed by atoms with Crippen LogP contribution in [0.25, 0.3) is 0 Å². The Morgan fingerprint density at radius 2 is 2.31 bits per heavy atom. The zero-order valence-corrected chi connectivity index (χ0v) is 10.6. The molecule has 1 saturated carbocycles. The molecule has 1 aromatic carbocycles. The molecular formula is C13H13BrN2. The van der Waals surface area contributed by atoms with Gasteiger partial charge in [0.25, 0.3) is 0 Å². The summed E-state index contributed by atoms with van der Waals surface area (Å²) >= 11 is 3.42. The number of hydrogen-bond donors (Lipinski definition) is 0. The van der Waals surface area contributed by atoms with Crippen molar-refractivity contribution in [3.63, 3.8) is 0 Å². The minimum absolute atomic E-state index is 0.583. The van der Waals surface area contributed by atoms with Crippen molar-refractivity contribution in [2.24, 2.45) is 0 Å². The Morgan fingerprint density at radius 3 is 2.88 bits per heavy atom. The second-order valence-electron chi connectivity index (χ2n) is 3.92. The van der Waals surface area contributed by atoms with Gasteiger partial charge in [0.2, 0.25) is 0 Å². The Kier molecular flexibility index (Phi) is 3.31. The van der Waals surface area contributed by atoms with Crippen LogP contribution in [0.4, 0.5) is 5.69 Å². The summed E-state index contributed by atoms with van der Waals surface area (Å²) in [7, 11) is 0. The van der Waals surface area contributed by atoms with E-state index in [-0.39, 0.29) is 0 Å². The number of nitrogens with zero attached hydrogens (tertiary/aromatic N) is 2. The molecule has 0 aliphatic heterocycles. The highest BCUT2D eigenvalue weighted by Crippen LogP contribution is 2.35. The van der Waals surface area contributed by atoms with Crippen LogP contribution < -0.4 is 4.90 Å². The highest BCUT2D eigenvalue weighted by molar-refractivity contribution is 9.10. The topological polar surface area (TPSA) is 27.0 Å². The van der Waals surface area contributed by atoms with Gasteiger partial charge in [0, 0.05) is 17.1 Å². The first-order chi connectivity index (χ1) is 7.77. The van der Waals surface area contributed by atoms with Crippen LogP contribution in [0.2, 0.25) is 0 Å². The second kappa shape index (κ2) is 4.71. The summed E-state index contributed by atoms with van der Waals surface area (Å²) in [6.45, 7) is 4.58. The third-order valence-electron chi connectivity index (χ3n) is 2.73. The summed E-state index contributed by atoms with van der Waals surface area (Å²) in [5, 5.41) is 9.19. The van der Waals surface area contributed by atoms with Gasteiger partial charge in [0.15, 0.2) is 0 Å². The van der Waals surface area contributed by atoms with Gasteiger partial charge in [-0.1, -0.05) is 12.1 Å². The molecule has 0 unspecified atom stereocenters. The van der Waals surface area contributed by atoms with Crippen molar-refractivity contribution in [3.05, 3.63) is 40.9 Å². The fourth-order valence-corrected chi connectivity index (χ4v) is 2.28. The lowest BCUT2D eigenvalue weighted by Crippen LogP contribution is -2.26. The number of halogens is 1. The van der Waals surface area contributed by atoms with E-state index in [9.17, 15) is 5.26 Å². The van der Waals surface area contributed by atoms with Crippen molar-refractivity contribution < 1.29 is 0 Å². The molecule has 82 valence electrons. The van der Waals surface area contributed by atoms with Gasteiger partial charge in [-0.05, 0) is 40.9 Å². The van der Waals surface area contributed by atoms with E-state index in [0.717, 1.165) is 22.3 Å². The molecule has 0 spiro atoms. The normalized spacial score (nSPS) is 14.2. The SMILES string of the molecule is C=CCN(c1cccc(Br)c1C#N)C1CC1. The zero-order chi connectivity index (χ0) is 11.5. The van der Waals surface area contributed by atoms with E-state index in [2.05, 4.69) is 33.5 Å². The fraction of sp³-hybridized carbons (Fsp3) is 0.308. The molecule has 1 aliphatic carbocycles. The molecule has 0 aromatic heterocycles. The molecule has 16 heavy (non-hydrogen) atoms. The van der Waals surface area contributed by atoms with Gasteiger partial charge >= 0.3 is 0 Å². The molecule has 0 atom stereocenters. The average molecular weight is 277 g/mol. The van der Waals surface area contributed by atoms with Crippen LogP contribution in [-0.4, -0.2) is 12.6 Å². The Labute approximate surface area is 104 Å². The second-order valence-corrected chi connectivity index (χ2v) is 4.77. The molecule has 1 aromatic rings. The van der Waals surface area contributed by atoms with Gasteiger partial charge in [0.05, 0.1) is 11.3 Å². The highest BCUT2D eigenvalue weighted by atomic mass is 79.9. The first kappa shape index (κ1) is 11.2. The third-order valence-corrected chi connectivity index (χ3v) is 3.39. The lowest BCUT2D eigenvalue weighted by molar-refractivity contribution is 0.859. The summed E-state index contributed by atoms with van der Waals surface area (Å²) in [6, 6.07) is 8.73. The first-order valence-corrected chi connectivity index (χ1v) is 6.13. The highest BCUT2D eigenvalue weighted by Gasteiger charge is 2.30. The van der Waals surface area contributed by atoms with Crippen LogP contribution >= 0.6 is 15.9 Å². The number of hydrogen-bond acceptors (Lipinski definition) is 2. The van der Waals surface area contributed by atoms with Crippen molar-refractivity contribution in [1.29, 1.82) is 5.26 Å². The van der Waals surface area contributed by atoms with E-state index in [1.165, 1.54) is 12.8 Å². The van der Waals surface area contributed by atoms with Gasteiger partial charge in [-0.25, -0.2) is 0 Å². The van der Waals surface area contributed by atoms with Gasteiger partial charge < -0.3 is 4.90 Å². The van der Waals surface area contributed by atoms with Crippen molar-refractivity contribution in [2.45, 2.75) is 18.9 Å². The molecule has 0 saturated heterocycles. The molecule has 1 aliphatic rings. The summed E-state index contributed by atoms with van der Waals surface area (Å²) in [5.41, 5.74) is 1.73. The maximum atomic E-state index is 9.19. The molecule has 2 rings (SSSR count). The molecular weight excluding hydrogens is 264 g/mol. The Hall–Kier alpha value is -1.27. The molecule has 0 N–H and O–H groups in total. The van der Waals surface area contributed by atoms with E-state index in [1.807, 2.05) is 24.3 Å². The largest absolute Gasteiger partial charge is 0.364 e. The van der Waals surface area contributed by atoms with Crippen LogP contribution in [0.3, 0.4) is 0 Å². The van der Waals surface area contributed by atoms with E-state index in [1.54, 1.807) is 0 Å². The Bertz CT molecular complexity index is 444. The van der Waals surface area contributed by atoms with Crippen LogP contribution in [0.15, 0.2) is 35.3 Å². The van der Waals surface area contributed by atoms with Gasteiger partial charge in [-0.3, -0.25) is 0 Å². The van der Waals surface area contributed by atoms with Crippen LogP contribution in [0.1, 0.15) is 18.4 Å². The standard InChI is InChI=1S/C13H13BrN2/c1-2-8-16(10-6-7-10)13-5-3-4-12(14)11(13)9-15/h2-5,10H,1,6-8H2. The smallest absolute Gasteiger partial charge is 0.103 e. The number of anilines is 1. The molecule has 0 bridgehead atoms. The maximum absolute atomic E-state index is 9.19. The summed E-state index contributed by atoms with van der Waals surface area (Å²) in [4.78, 5) is 2.26. The summed E-state index contributed by atoms with van der Waals surface area (Å²) < 4.78 is 0.863. The predicted octanol–water partition coefficient (Wildman–Crippen LogP) is 3.48. The van der Waals surface area contributed by atoms with Gasteiger partial charge in [0.1, 0.15) is 6.07 Å². The summed E-state index contributed by atoms with van der Waals surface area (Å²) in [6.07, 6.45) is 4.32. The van der Waals surface area contributed by atoms with Crippen molar-refractivity contribution in [3.8, 4) is 6.07 Å². The Morgan fingerprint density at radius 1 is 1.56 bits per heavy atom. The molecule has 3 heteroatoms. The predicted molar refractivity (Wildman–Crippen MR) is 69.4 cm³/mol. The molecule has 0 amide bonds. The lowest BCUT2D eigenvalue weighted by atomic mass is 10.1. The average Bonchev–Trinajstić information content (AvgIpc) is 3.09.